The van der Waals surface area contributed by atoms with E-state index in [1.54, 1.807) is 44.8 Å². The summed E-state index contributed by atoms with van der Waals surface area (Å²) >= 11 is 0. The second-order valence-corrected chi connectivity index (χ2v) is 13.0. The molecule has 1 unspecified atom stereocenters. The molecule has 50 heavy (non-hydrogen) atoms. The Balaban J connectivity index is 1.94. The number of benzene rings is 2. The minimum Gasteiger partial charge on any atom is -0.453 e. The summed E-state index contributed by atoms with van der Waals surface area (Å²) in [5, 5.41) is 18.9. The molecule has 0 aliphatic rings. The van der Waals surface area contributed by atoms with Gasteiger partial charge in [0, 0.05) is 36.8 Å². The smallest absolute Gasteiger partial charge is 0.407 e. The van der Waals surface area contributed by atoms with Crippen molar-refractivity contribution < 1.29 is 33.9 Å². The molecule has 3 rings (SSSR count). The molecule has 0 saturated carbocycles. The Kier molecular flexibility index (Phi) is 15.3. The Morgan fingerprint density at radius 2 is 1.62 bits per heavy atom. The predicted molar refractivity (Wildman–Crippen MR) is 188 cm³/mol. The summed E-state index contributed by atoms with van der Waals surface area (Å²) in [6.07, 6.45) is 1.20. The van der Waals surface area contributed by atoms with Crippen LogP contribution >= 0.6 is 0 Å². The molecule has 0 spiro atoms. The Morgan fingerprint density at radius 1 is 0.940 bits per heavy atom. The van der Waals surface area contributed by atoms with Gasteiger partial charge in [-0.15, -0.1) is 0 Å². The van der Waals surface area contributed by atoms with Crippen LogP contribution in [-0.2, 0) is 36.9 Å². The molecule has 0 bridgehead atoms. The van der Waals surface area contributed by atoms with Gasteiger partial charge in [-0.25, -0.2) is 14.6 Å². The van der Waals surface area contributed by atoms with Crippen molar-refractivity contribution in [3.63, 3.8) is 0 Å². The lowest BCUT2D eigenvalue weighted by Crippen LogP contribution is -2.60. The van der Waals surface area contributed by atoms with Crippen molar-refractivity contribution in [2.24, 2.45) is 11.3 Å². The molecule has 1 aromatic heterocycles. The first-order valence-electron chi connectivity index (χ1n) is 16.3. The molecular weight excluding hydrogens is 640 g/mol. The summed E-state index contributed by atoms with van der Waals surface area (Å²) in [4.78, 5) is 60.0. The third-order valence-corrected chi connectivity index (χ3v) is 8.01. The van der Waals surface area contributed by atoms with Crippen LogP contribution in [0.1, 0.15) is 38.8 Å². The van der Waals surface area contributed by atoms with Gasteiger partial charge in [-0.2, -0.15) is 5.48 Å². The number of hydrazine groups is 1. The molecule has 268 valence electrons. The van der Waals surface area contributed by atoms with Crippen molar-refractivity contribution in [2.75, 3.05) is 20.8 Å². The maximum Gasteiger partial charge on any atom is 0.407 e. The summed E-state index contributed by atoms with van der Waals surface area (Å²) in [6.45, 7) is 7.12. The largest absolute Gasteiger partial charge is 0.453 e. The van der Waals surface area contributed by atoms with Crippen LogP contribution in [0.3, 0.4) is 0 Å². The number of aliphatic hydroxyl groups is 1. The molecule has 0 saturated heterocycles. The van der Waals surface area contributed by atoms with Crippen molar-refractivity contribution >= 4 is 23.8 Å². The third kappa shape index (κ3) is 12.2. The van der Waals surface area contributed by atoms with E-state index < -0.39 is 53.5 Å². The average molecular weight is 689 g/mol. The fraction of sp³-hybridized carbons (Fsp3) is 0.405. The van der Waals surface area contributed by atoms with Crippen LogP contribution in [0.15, 0.2) is 85.1 Å². The molecule has 0 aliphatic carbocycles. The van der Waals surface area contributed by atoms with Gasteiger partial charge in [0.2, 0.25) is 5.91 Å². The predicted octanol–water partition coefficient (Wildman–Crippen LogP) is 2.98. The number of aromatic nitrogens is 1. The number of hydroxylamine groups is 1. The molecule has 13 heteroatoms. The zero-order chi connectivity index (χ0) is 36.7. The van der Waals surface area contributed by atoms with E-state index in [1.165, 1.54) is 20.3 Å². The van der Waals surface area contributed by atoms with E-state index in [4.69, 9.17) is 9.57 Å². The molecule has 5 atom stereocenters. The van der Waals surface area contributed by atoms with Crippen LogP contribution in [0.4, 0.5) is 4.79 Å². The third-order valence-electron chi connectivity index (χ3n) is 8.01. The minimum absolute atomic E-state index is 0.117. The number of nitrogens with zero attached hydrogens (tertiary/aromatic N) is 2. The summed E-state index contributed by atoms with van der Waals surface area (Å²) in [6, 6.07) is 19.8. The van der Waals surface area contributed by atoms with Gasteiger partial charge >= 0.3 is 6.09 Å². The Morgan fingerprint density at radius 3 is 2.20 bits per heavy atom. The Hall–Kier alpha value is -4.91. The summed E-state index contributed by atoms with van der Waals surface area (Å²) in [7, 11) is 2.58. The maximum atomic E-state index is 13.7. The van der Waals surface area contributed by atoms with Gasteiger partial charge in [0.25, 0.3) is 5.91 Å². The number of methoxy groups -OCH3 is 1. The molecule has 0 radical (unpaired) electrons. The van der Waals surface area contributed by atoms with Crippen LogP contribution in [0.25, 0.3) is 11.3 Å². The van der Waals surface area contributed by atoms with Crippen LogP contribution in [0, 0.1) is 11.3 Å². The molecular formula is C37H48N6O7. The van der Waals surface area contributed by atoms with Gasteiger partial charge in [-0.05, 0) is 35.1 Å². The number of aliphatic hydroxyl groups excluding tert-OH is 1. The topological polar surface area (TPSA) is 171 Å². The number of rotatable bonds is 17. The maximum absolute atomic E-state index is 13.7. The van der Waals surface area contributed by atoms with Crippen molar-refractivity contribution in [1.29, 1.82) is 0 Å². The number of pyridine rings is 1. The first-order chi connectivity index (χ1) is 23.9. The summed E-state index contributed by atoms with van der Waals surface area (Å²) < 4.78 is 4.75. The van der Waals surface area contributed by atoms with E-state index in [-0.39, 0.29) is 19.5 Å². The molecule has 0 aliphatic heterocycles. The first kappa shape index (κ1) is 39.5. The number of hydrogen-bond donors (Lipinski definition) is 5. The van der Waals surface area contributed by atoms with Crippen LogP contribution in [0.5, 0.6) is 0 Å². The lowest BCUT2D eigenvalue weighted by atomic mass is 9.85. The lowest BCUT2D eigenvalue weighted by molar-refractivity contribution is -0.134. The number of carbonyl (C=O) groups excluding carboxylic acids is 4. The van der Waals surface area contributed by atoms with Crippen molar-refractivity contribution in [1.82, 2.24) is 31.5 Å². The highest BCUT2D eigenvalue weighted by atomic mass is 16.6. The van der Waals surface area contributed by atoms with E-state index in [2.05, 4.69) is 26.5 Å². The fourth-order valence-corrected chi connectivity index (χ4v) is 5.26. The molecule has 0 fully saturated rings. The molecule has 2 aromatic carbocycles. The molecule has 5 N–H and O–H groups in total. The number of alkyl carbamates (subject to hydrolysis) is 1. The number of nitrogens with one attached hydrogen (secondary N) is 4. The first-order valence-corrected chi connectivity index (χ1v) is 16.3. The Bertz CT molecular complexity index is 1560. The number of hydrogen-bond acceptors (Lipinski definition) is 10. The van der Waals surface area contributed by atoms with Gasteiger partial charge in [-0.1, -0.05) is 88.4 Å². The summed E-state index contributed by atoms with van der Waals surface area (Å²) in [5.41, 5.74) is 8.17. The number of carbonyl (C=O) groups is 3. The van der Waals surface area contributed by atoms with Gasteiger partial charge in [0.1, 0.15) is 18.0 Å². The average Bonchev–Trinajstić information content (AvgIpc) is 3.09. The highest BCUT2D eigenvalue weighted by molar-refractivity contribution is 5.86. The van der Waals surface area contributed by atoms with E-state index in [0.29, 0.717) is 0 Å². The van der Waals surface area contributed by atoms with E-state index in [0.717, 1.165) is 22.4 Å². The van der Waals surface area contributed by atoms with Crippen LogP contribution in [-0.4, -0.2) is 83.9 Å². The van der Waals surface area contributed by atoms with E-state index in [1.807, 2.05) is 72.8 Å². The number of ether oxygens (including phenoxy) is 1. The Labute approximate surface area is 293 Å². The van der Waals surface area contributed by atoms with Gasteiger partial charge in [0.15, 0.2) is 0 Å². The second-order valence-electron chi connectivity index (χ2n) is 13.0. The molecule has 3 amide bonds. The molecule has 13 nitrogen and oxygen atoms in total. The van der Waals surface area contributed by atoms with Crippen LogP contribution in [0.2, 0.25) is 0 Å². The van der Waals surface area contributed by atoms with Crippen molar-refractivity contribution in [3.05, 3.63) is 96.2 Å². The van der Waals surface area contributed by atoms with Gasteiger partial charge < -0.3 is 25.3 Å². The normalized spacial score (nSPS) is 14.3. The summed E-state index contributed by atoms with van der Waals surface area (Å²) in [5.74, 6) is 0.0908. The van der Waals surface area contributed by atoms with Gasteiger partial charge in [-0.3, -0.25) is 20.0 Å². The zero-order valence-electron chi connectivity index (χ0n) is 29.4. The van der Waals surface area contributed by atoms with Gasteiger partial charge in [0.05, 0.1) is 32.1 Å². The molecule has 3 aromatic rings. The van der Waals surface area contributed by atoms with E-state index in [9.17, 15) is 24.3 Å². The quantitative estimate of drug-likeness (QED) is 0.105. The molecule has 1 heterocycles. The number of amides is 3. The highest BCUT2D eigenvalue weighted by Gasteiger charge is 2.36. The lowest BCUT2D eigenvalue weighted by Gasteiger charge is -2.34. The standard InChI is InChI=1S/C37H48N6O7/c1-25(19-21-44)32(42-50-6)34(46)41-43(23-27-15-17-28(18-16-27)29-14-10-11-20-38-29)24-31(45)30(22-26-12-8-7-9-13-26)39-35(47)33(37(2,3)4)40-36(48)49-5/h7-20,25,30-33,42,45H,22-24H2,1-6H3,(H,39,47)(H,40,48)(H,41,46)/t25?,30-,31-,32-,33+/m0/s1. The van der Waals surface area contributed by atoms with Crippen molar-refractivity contribution in [2.45, 2.75) is 64.9 Å². The van der Waals surface area contributed by atoms with Crippen LogP contribution < -0.4 is 21.5 Å². The van der Waals surface area contributed by atoms with E-state index >= 15 is 0 Å². The zero-order valence-corrected chi connectivity index (χ0v) is 29.4. The van der Waals surface area contributed by atoms with Crippen molar-refractivity contribution in [3.8, 4) is 11.3 Å². The SMILES string of the molecule is CON[C@H](C(=O)NN(Cc1ccc(-c2ccccn2)cc1)C[C@H](O)[C@H](Cc1ccccc1)NC(=O)[C@@H](NC(=O)OC)C(C)(C)C)C(C)C=C=O. The fourth-order valence-electron chi connectivity index (χ4n) is 5.26. The highest BCUT2D eigenvalue weighted by Crippen LogP contribution is 2.21. The second kappa shape index (κ2) is 19.3. The minimum atomic E-state index is -1.22. The monoisotopic (exact) mass is 688 g/mol.